The van der Waals surface area contributed by atoms with E-state index >= 15 is 0 Å². The third-order valence-electron chi connectivity index (χ3n) is 2.38. The molecule has 0 saturated heterocycles. The first-order valence-corrected chi connectivity index (χ1v) is 7.91. The van der Waals surface area contributed by atoms with Crippen LogP contribution in [0.25, 0.3) is 0 Å². The van der Waals surface area contributed by atoms with Gasteiger partial charge in [-0.3, -0.25) is 0 Å². The average Bonchev–Trinajstić information content (AvgIpc) is 2.74. The number of carbonyl (C=O) groups is 1. The van der Waals surface area contributed by atoms with Crippen molar-refractivity contribution in [3.8, 4) is 0 Å². The number of hydrogen-bond acceptors (Lipinski definition) is 4. The average molecular weight is 291 g/mol. The first-order valence-electron chi connectivity index (χ1n) is 5.65. The number of nitrogens with zero attached hydrogens (tertiary/aromatic N) is 1. The van der Waals surface area contributed by atoms with Crippen LogP contribution in [-0.4, -0.2) is 36.4 Å². The first kappa shape index (κ1) is 15.1. The summed E-state index contributed by atoms with van der Waals surface area (Å²) in [6, 6.07) is 2.53. The number of aromatic carboxylic acids is 1. The van der Waals surface area contributed by atoms with Gasteiger partial charge in [-0.15, -0.1) is 11.3 Å². The molecule has 1 rings (SSSR count). The third-order valence-corrected chi connectivity index (χ3v) is 5.99. The molecule has 18 heavy (non-hydrogen) atoms. The highest BCUT2D eigenvalue weighted by atomic mass is 32.2. The molecule has 1 heterocycles. The van der Waals surface area contributed by atoms with Gasteiger partial charge in [-0.05, 0) is 32.4 Å². The fourth-order valence-electron chi connectivity index (χ4n) is 1.57. The Labute approximate surface area is 111 Å². The van der Waals surface area contributed by atoms with Crippen LogP contribution in [0.2, 0.25) is 0 Å². The lowest BCUT2D eigenvalue weighted by atomic mass is 10.4. The molecular formula is C11H17NO4S2. The second kappa shape index (κ2) is 5.81. The van der Waals surface area contributed by atoms with Crippen molar-refractivity contribution in [1.29, 1.82) is 0 Å². The standard InChI is InChI=1S/C11H17NO4S2/c1-4-7-12(8(2)3)18(15,16)10-6-5-9(17-10)11(13)14/h5-6,8H,4,7H2,1-3H3,(H,13,14). The molecule has 0 unspecified atom stereocenters. The zero-order valence-corrected chi connectivity index (χ0v) is 12.2. The van der Waals surface area contributed by atoms with Gasteiger partial charge in [0.2, 0.25) is 0 Å². The number of sulfonamides is 1. The maximum atomic E-state index is 12.3. The number of carboxylic acids is 1. The zero-order chi connectivity index (χ0) is 13.9. The Morgan fingerprint density at radius 1 is 1.44 bits per heavy atom. The minimum Gasteiger partial charge on any atom is -0.477 e. The molecule has 0 aliphatic heterocycles. The van der Waals surface area contributed by atoms with Crippen LogP contribution in [0.3, 0.4) is 0 Å². The molecule has 5 nitrogen and oxygen atoms in total. The monoisotopic (exact) mass is 291 g/mol. The molecule has 7 heteroatoms. The summed E-state index contributed by atoms with van der Waals surface area (Å²) >= 11 is 0.790. The van der Waals surface area contributed by atoms with Crippen molar-refractivity contribution in [1.82, 2.24) is 4.31 Å². The molecule has 0 saturated carbocycles. The SMILES string of the molecule is CCCN(C(C)C)S(=O)(=O)c1ccc(C(=O)O)s1. The summed E-state index contributed by atoms with van der Waals surface area (Å²) in [5.41, 5.74) is 0. The molecule has 0 aliphatic rings. The topological polar surface area (TPSA) is 74.7 Å². The largest absolute Gasteiger partial charge is 0.477 e. The number of hydrogen-bond donors (Lipinski definition) is 1. The Kier molecular flexibility index (Phi) is 4.89. The van der Waals surface area contributed by atoms with Gasteiger partial charge in [-0.25, -0.2) is 13.2 Å². The molecule has 0 amide bonds. The Hall–Kier alpha value is -0.920. The van der Waals surface area contributed by atoms with E-state index in [2.05, 4.69) is 0 Å². The maximum Gasteiger partial charge on any atom is 0.345 e. The molecule has 0 bridgehead atoms. The van der Waals surface area contributed by atoms with Crippen LogP contribution in [0, 0.1) is 0 Å². The van der Waals surface area contributed by atoms with Gasteiger partial charge in [-0.1, -0.05) is 6.92 Å². The van der Waals surface area contributed by atoms with E-state index < -0.39 is 16.0 Å². The van der Waals surface area contributed by atoms with Crippen LogP contribution in [0.5, 0.6) is 0 Å². The van der Waals surface area contributed by atoms with E-state index in [0.29, 0.717) is 13.0 Å². The summed E-state index contributed by atoms with van der Waals surface area (Å²) in [5.74, 6) is -1.10. The quantitative estimate of drug-likeness (QED) is 0.872. The van der Waals surface area contributed by atoms with E-state index in [1.165, 1.54) is 16.4 Å². The first-order chi connectivity index (χ1) is 8.30. The minimum atomic E-state index is -3.59. The summed E-state index contributed by atoms with van der Waals surface area (Å²) in [6.07, 6.45) is 0.717. The van der Waals surface area contributed by atoms with Crippen molar-refractivity contribution in [2.24, 2.45) is 0 Å². The van der Waals surface area contributed by atoms with Gasteiger partial charge >= 0.3 is 5.97 Å². The molecule has 0 aliphatic carbocycles. The van der Waals surface area contributed by atoms with Crippen molar-refractivity contribution >= 4 is 27.3 Å². The van der Waals surface area contributed by atoms with Crippen molar-refractivity contribution in [2.45, 2.75) is 37.4 Å². The fraction of sp³-hybridized carbons (Fsp3) is 0.545. The van der Waals surface area contributed by atoms with Gasteiger partial charge in [-0.2, -0.15) is 4.31 Å². The van der Waals surface area contributed by atoms with Crippen LogP contribution >= 0.6 is 11.3 Å². The van der Waals surface area contributed by atoms with Crippen LogP contribution in [0.1, 0.15) is 36.9 Å². The summed E-state index contributed by atoms with van der Waals surface area (Å²) in [5, 5.41) is 8.82. The van der Waals surface area contributed by atoms with E-state index in [0.717, 1.165) is 11.3 Å². The molecule has 0 spiro atoms. The molecule has 0 radical (unpaired) electrons. The van der Waals surface area contributed by atoms with E-state index in [9.17, 15) is 13.2 Å². The van der Waals surface area contributed by atoms with Crippen LogP contribution in [0.15, 0.2) is 16.3 Å². The summed E-state index contributed by atoms with van der Waals surface area (Å²) in [7, 11) is -3.59. The second-order valence-electron chi connectivity index (χ2n) is 4.13. The van der Waals surface area contributed by atoms with E-state index in [1.807, 2.05) is 6.92 Å². The third kappa shape index (κ3) is 3.09. The molecule has 0 aromatic carbocycles. The van der Waals surface area contributed by atoms with Gasteiger partial charge in [0.25, 0.3) is 10.0 Å². The molecule has 0 fully saturated rings. The van der Waals surface area contributed by atoms with E-state index in [-0.39, 0.29) is 15.1 Å². The highest BCUT2D eigenvalue weighted by Crippen LogP contribution is 2.26. The Balaban J connectivity index is 3.14. The van der Waals surface area contributed by atoms with Gasteiger partial charge in [0.1, 0.15) is 9.09 Å². The van der Waals surface area contributed by atoms with Crippen LogP contribution in [0.4, 0.5) is 0 Å². The Morgan fingerprint density at radius 2 is 2.06 bits per heavy atom. The normalized spacial score (nSPS) is 12.3. The predicted molar refractivity (Wildman–Crippen MR) is 70.6 cm³/mol. The highest BCUT2D eigenvalue weighted by molar-refractivity contribution is 7.91. The lowest BCUT2D eigenvalue weighted by Gasteiger charge is -2.24. The molecule has 0 atom stereocenters. The number of carboxylic acid groups (broad SMARTS) is 1. The minimum absolute atomic E-state index is 0.0359. The maximum absolute atomic E-state index is 12.3. The Morgan fingerprint density at radius 3 is 2.44 bits per heavy atom. The molecule has 1 aromatic heterocycles. The Bertz CT molecular complexity index is 519. The number of thiophene rings is 1. The van der Waals surface area contributed by atoms with Crippen molar-refractivity contribution in [3.05, 3.63) is 17.0 Å². The van der Waals surface area contributed by atoms with Crippen molar-refractivity contribution in [3.63, 3.8) is 0 Å². The van der Waals surface area contributed by atoms with Gasteiger partial charge in [0.05, 0.1) is 0 Å². The molecule has 102 valence electrons. The number of rotatable bonds is 6. The summed E-state index contributed by atoms with van der Waals surface area (Å²) in [4.78, 5) is 10.8. The van der Waals surface area contributed by atoms with Gasteiger partial charge in [0, 0.05) is 12.6 Å². The van der Waals surface area contributed by atoms with Crippen molar-refractivity contribution < 1.29 is 18.3 Å². The van der Waals surface area contributed by atoms with Crippen LogP contribution in [-0.2, 0) is 10.0 Å². The lowest BCUT2D eigenvalue weighted by Crippen LogP contribution is -2.37. The predicted octanol–water partition coefficient (Wildman–Crippen LogP) is 2.26. The molecule has 1 N–H and O–H groups in total. The summed E-state index contributed by atoms with van der Waals surface area (Å²) < 4.78 is 26.2. The molecular weight excluding hydrogens is 274 g/mol. The second-order valence-corrected chi connectivity index (χ2v) is 7.33. The van der Waals surface area contributed by atoms with E-state index in [4.69, 9.17) is 5.11 Å². The highest BCUT2D eigenvalue weighted by Gasteiger charge is 2.28. The zero-order valence-electron chi connectivity index (χ0n) is 10.6. The lowest BCUT2D eigenvalue weighted by molar-refractivity contribution is 0.0702. The van der Waals surface area contributed by atoms with Gasteiger partial charge in [0.15, 0.2) is 0 Å². The van der Waals surface area contributed by atoms with Gasteiger partial charge < -0.3 is 5.11 Å². The van der Waals surface area contributed by atoms with Crippen LogP contribution < -0.4 is 0 Å². The fourth-order valence-corrected chi connectivity index (χ4v) is 4.57. The van der Waals surface area contributed by atoms with E-state index in [1.54, 1.807) is 13.8 Å². The summed E-state index contributed by atoms with van der Waals surface area (Å²) in [6.45, 7) is 5.94. The molecule has 1 aromatic rings. The smallest absolute Gasteiger partial charge is 0.345 e. The van der Waals surface area contributed by atoms with Crippen molar-refractivity contribution in [2.75, 3.05) is 6.54 Å².